The molecule has 0 aliphatic heterocycles. The van der Waals surface area contributed by atoms with Crippen LogP contribution in [0, 0.1) is 6.92 Å². The van der Waals surface area contributed by atoms with Crippen LogP contribution in [0.25, 0.3) is 10.8 Å². The Balaban J connectivity index is 1.79. The molecule has 0 atom stereocenters. The van der Waals surface area contributed by atoms with Crippen LogP contribution in [0.3, 0.4) is 0 Å². The summed E-state index contributed by atoms with van der Waals surface area (Å²) in [5.41, 5.74) is 2.78. The van der Waals surface area contributed by atoms with Crippen LogP contribution in [-0.4, -0.2) is 34.2 Å². The lowest BCUT2D eigenvalue weighted by Gasteiger charge is -2.26. The largest absolute Gasteiger partial charge is 0.504 e. The van der Waals surface area contributed by atoms with Crippen LogP contribution >= 0.6 is 0 Å². The molecular weight excluding hydrogens is 492 g/mol. The van der Waals surface area contributed by atoms with E-state index in [4.69, 9.17) is 9.73 Å². The molecule has 194 valence electrons. The molecule has 1 amide bonds. The number of phenols is 3. The Morgan fingerprint density at radius 3 is 2.10 bits per heavy atom. The number of aliphatic imine (C=N–C) groups is 1. The third-order valence-corrected chi connectivity index (χ3v) is 6.36. The van der Waals surface area contributed by atoms with Crippen LogP contribution < -0.4 is 9.64 Å². The summed E-state index contributed by atoms with van der Waals surface area (Å²) < 4.78 is 5.29. The second-order valence-corrected chi connectivity index (χ2v) is 9.00. The van der Waals surface area contributed by atoms with Gasteiger partial charge in [-0.2, -0.15) is 0 Å². The lowest BCUT2D eigenvalue weighted by molar-refractivity contribution is 0.100. The molecule has 0 aliphatic carbocycles. The SMILES string of the molecule is COc1ccc(N=C(c2cccc3ccccc23)N(C(=O)c2cc(O)c(O)c(O)c2)c2ccc(C)cc2)cc1. The van der Waals surface area contributed by atoms with Crippen LogP contribution in [0.5, 0.6) is 23.0 Å². The predicted octanol–water partition coefficient (Wildman–Crippen LogP) is 6.70. The Kier molecular flexibility index (Phi) is 6.89. The van der Waals surface area contributed by atoms with Gasteiger partial charge in [-0.3, -0.25) is 9.69 Å². The Bertz CT molecular complexity index is 1660. The number of carbonyl (C=O) groups excluding carboxylic acids is 1. The summed E-state index contributed by atoms with van der Waals surface area (Å²) >= 11 is 0. The van der Waals surface area contributed by atoms with E-state index in [1.807, 2.05) is 73.7 Å². The number of amides is 1. The van der Waals surface area contributed by atoms with E-state index in [0.717, 1.165) is 28.5 Å². The summed E-state index contributed by atoms with van der Waals surface area (Å²) in [7, 11) is 1.58. The molecule has 0 heterocycles. The van der Waals surface area contributed by atoms with Gasteiger partial charge in [-0.05, 0) is 66.2 Å². The molecule has 0 spiro atoms. The zero-order valence-electron chi connectivity index (χ0n) is 21.4. The highest BCUT2D eigenvalue weighted by Gasteiger charge is 2.27. The fraction of sp³-hybridized carbons (Fsp3) is 0.0625. The third-order valence-electron chi connectivity index (χ3n) is 6.36. The third kappa shape index (κ3) is 5.10. The number of nitrogens with zero attached hydrogens (tertiary/aromatic N) is 2. The lowest BCUT2D eigenvalue weighted by atomic mass is 10.0. The fourth-order valence-electron chi connectivity index (χ4n) is 4.32. The van der Waals surface area contributed by atoms with Crippen molar-refractivity contribution in [2.75, 3.05) is 12.0 Å². The van der Waals surface area contributed by atoms with Crippen molar-refractivity contribution in [3.63, 3.8) is 0 Å². The topological polar surface area (TPSA) is 103 Å². The monoisotopic (exact) mass is 518 g/mol. The minimum Gasteiger partial charge on any atom is -0.504 e. The van der Waals surface area contributed by atoms with Crippen molar-refractivity contribution in [2.45, 2.75) is 6.92 Å². The number of aryl methyl sites for hydroxylation is 1. The maximum atomic E-state index is 14.2. The Morgan fingerprint density at radius 2 is 1.44 bits per heavy atom. The Morgan fingerprint density at radius 1 is 0.795 bits per heavy atom. The number of anilines is 1. The van der Waals surface area contributed by atoms with E-state index in [0.29, 0.717) is 28.5 Å². The molecule has 0 aromatic heterocycles. The van der Waals surface area contributed by atoms with Crippen molar-refractivity contribution in [3.05, 3.63) is 120 Å². The van der Waals surface area contributed by atoms with Crippen LogP contribution in [-0.2, 0) is 0 Å². The molecule has 0 radical (unpaired) electrons. The molecule has 5 aromatic carbocycles. The van der Waals surface area contributed by atoms with Crippen LogP contribution in [0.15, 0.2) is 108 Å². The zero-order chi connectivity index (χ0) is 27.5. The maximum absolute atomic E-state index is 14.2. The van der Waals surface area contributed by atoms with E-state index in [1.54, 1.807) is 31.4 Å². The average Bonchev–Trinajstić information content (AvgIpc) is 2.96. The number of methoxy groups -OCH3 is 1. The smallest absolute Gasteiger partial charge is 0.264 e. The minimum atomic E-state index is -0.699. The average molecular weight is 519 g/mol. The lowest BCUT2D eigenvalue weighted by Crippen LogP contribution is -2.38. The van der Waals surface area contributed by atoms with Gasteiger partial charge >= 0.3 is 0 Å². The van der Waals surface area contributed by atoms with E-state index >= 15 is 0 Å². The zero-order valence-corrected chi connectivity index (χ0v) is 21.4. The first-order valence-electron chi connectivity index (χ1n) is 12.2. The Hall–Kier alpha value is -5.30. The van der Waals surface area contributed by atoms with Crippen molar-refractivity contribution >= 4 is 33.9 Å². The number of amidine groups is 1. The molecular formula is C32H26N2O5. The number of phenolic OH excluding ortho intramolecular Hbond substituents is 3. The van der Waals surface area contributed by atoms with Crippen molar-refractivity contribution in [2.24, 2.45) is 4.99 Å². The van der Waals surface area contributed by atoms with E-state index < -0.39 is 23.2 Å². The molecule has 5 rings (SSSR count). The van der Waals surface area contributed by atoms with Gasteiger partial charge in [0.15, 0.2) is 17.2 Å². The Labute approximate surface area is 225 Å². The van der Waals surface area contributed by atoms with Crippen molar-refractivity contribution in [1.29, 1.82) is 0 Å². The molecule has 5 aromatic rings. The summed E-state index contributed by atoms with van der Waals surface area (Å²) in [6.07, 6.45) is 0. The summed E-state index contributed by atoms with van der Waals surface area (Å²) in [6.45, 7) is 1.95. The van der Waals surface area contributed by atoms with Gasteiger partial charge in [0, 0.05) is 11.1 Å². The highest BCUT2D eigenvalue weighted by molar-refractivity contribution is 6.30. The second-order valence-electron chi connectivity index (χ2n) is 9.00. The second kappa shape index (κ2) is 10.6. The maximum Gasteiger partial charge on any atom is 0.264 e. The first-order chi connectivity index (χ1) is 18.9. The van der Waals surface area contributed by atoms with Crippen molar-refractivity contribution in [3.8, 4) is 23.0 Å². The number of rotatable bonds is 5. The summed E-state index contributed by atoms with van der Waals surface area (Å²) in [6, 6.07) is 30.4. The number of ether oxygens (including phenoxy) is 1. The molecule has 0 unspecified atom stereocenters. The van der Waals surface area contributed by atoms with E-state index in [1.165, 1.54) is 4.90 Å². The first-order valence-corrected chi connectivity index (χ1v) is 12.2. The highest BCUT2D eigenvalue weighted by atomic mass is 16.5. The number of benzene rings is 5. The number of carbonyl (C=O) groups is 1. The molecule has 7 heteroatoms. The number of aromatic hydroxyl groups is 3. The van der Waals surface area contributed by atoms with Gasteiger partial charge in [0.1, 0.15) is 11.6 Å². The van der Waals surface area contributed by atoms with E-state index in [9.17, 15) is 20.1 Å². The minimum absolute atomic E-state index is 0.0361. The van der Waals surface area contributed by atoms with Gasteiger partial charge in [-0.1, -0.05) is 60.2 Å². The van der Waals surface area contributed by atoms with Crippen molar-refractivity contribution < 1.29 is 24.9 Å². The summed E-state index contributed by atoms with van der Waals surface area (Å²) in [5, 5.41) is 32.1. The van der Waals surface area contributed by atoms with Crippen LogP contribution in [0.2, 0.25) is 0 Å². The number of hydrogen-bond donors (Lipinski definition) is 3. The van der Waals surface area contributed by atoms with Gasteiger partial charge in [-0.25, -0.2) is 4.99 Å². The highest BCUT2D eigenvalue weighted by Crippen LogP contribution is 2.37. The normalized spacial score (nSPS) is 11.4. The van der Waals surface area contributed by atoms with Gasteiger partial charge in [0.05, 0.1) is 18.5 Å². The van der Waals surface area contributed by atoms with Gasteiger partial charge < -0.3 is 20.1 Å². The number of hydrogen-bond acceptors (Lipinski definition) is 6. The fourth-order valence-corrected chi connectivity index (χ4v) is 4.32. The van der Waals surface area contributed by atoms with Gasteiger partial charge in [0.2, 0.25) is 0 Å². The number of fused-ring (bicyclic) bond motifs is 1. The molecule has 0 saturated heterocycles. The van der Waals surface area contributed by atoms with Crippen LogP contribution in [0.4, 0.5) is 11.4 Å². The molecule has 0 aliphatic rings. The first kappa shape index (κ1) is 25.4. The molecule has 0 bridgehead atoms. The van der Waals surface area contributed by atoms with E-state index in [-0.39, 0.29) is 5.56 Å². The summed E-state index contributed by atoms with van der Waals surface area (Å²) in [5.74, 6) is -1.48. The van der Waals surface area contributed by atoms with Crippen molar-refractivity contribution in [1.82, 2.24) is 0 Å². The molecule has 7 nitrogen and oxygen atoms in total. The molecule has 3 N–H and O–H groups in total. The van der Waals surface area contributed by atoms with Gasteiger partial charge in [0.25, 0.3) is 5.91 Å². The van der Waals surface area contributed by atoms with Crippen LogP contribution in [0.1, 0.15) is 21.5 Å². The molecule has 39 heavy (non-hydrogen) atoms. The standard InChI is InChI=1S/C32H26N2O5/c1-20-10-14-24(15-11-20)34(32(38)22-18-28(35)30(37)29(36)19-22)31(33-23-12-16-25(39-2)17-13-23)27-9-5-7-21-6-3-4-8-26(21)27/h3-19,35-37H,1-2H3. The van der Waals surface area contributed by atoms with E-state index in [2.05, 4.69) is 0 Å². The predicted molar refractivity (Wildman–Crippen MR) is 153 cm³/mol. The molecule has 0 saturated carbocycles. The van der Waals surface area contributed by atoms with Gasteiger partial charge in [-0.15, -0.1) is 0 Å². The summed E-state index contributed by atoms with van der Waals surface area (Å²) in [4.78, 5) is 20.6. The molecule has 0 fully saturated rings. The quantitative estimate of drug-likeness (QED) is 0.137.